The molecule has 0 spiro atoms. The van der Waals surface area contributed by atoms with Crippen molar-refractivity contribution in [2.45, 2.75) is 38.8 Å². The number of hydrogen-bond acceptors (Lipinski definition) is 5. The predicted molar refractivity (Wildman–Crippen MR) is 83.1 cm³/mol. The van der Waals surface area contributed by atoms with Gasteiger partial charge in [0.1, 0.15) is 11.8 Å². The number of guanidine groups is 1. The minimum atomic E-state index is -0.138. The third-order valence-electron chi connectivity index (χ3n) is 4.01. The lowest BCUT2D eigenvalue weighted by molar-refractivity contribution is -0.121. The van der Waals surface area contributed by atoms with E-state index in [1.165, 1.54) is 0 Å². The lowest BCUT2D eigenvalue weighted by Gasteiger charge is -2.27. The molecular weight excluding hydrogens is 282 g/mol. The zero-order valence-electron chi connectivity index (χ0n) is 12.7. The van der Waals surface area contributed by atoms with Crippen molar-refractivity contribution in [2.75, 3.05) is 13.2 Å². The number of carbonyl (C=O) groups excluding carboxylic acids is 1. The van der Waals surface area contributed by atoms with Crippen LogP contribution in [-0.4, -0.2) is 41.1 Å². The van der Waals surface area contributed by atoms with Gasteiger partial charge >= 0.3 is 0 Å². The van der Waals surface area contributed by atoms with Gasteiger partial charge in [-0.1, -0.05) is 6.92 Å². The molecule has 2 heterocycles. The Morgan fingerprint density at radius 2 is 2.32 bits per heavy atom. The summed E-state index contributed by atoms with van der Waals surface area (Å²) in [5.74, 6) is 1.48. The Hall–Kier alpha value is -2.08. The number of fused-ring (bicyclic) bond motifs is 2. The number of aliphatic imine (C=N–C) groups is 1. The van der Waals surface area contributed by atoms with Gasteiger partial charge in [-0.3, -0.25) is 10.1 Å². The highest BCUT2D eigenvalue weighted by atomic mass is 16.5. The molecule has 2 aliphatic rings. The molecule has 0 bridgehead atoms. The number of hydrogen-bond donors (Lipinski definition) is 2. The number of rotatable bonds is 6. The highest BCUT2D eigenvalue weighted by Gasteiger charge is 2.37. The number of aliphatic hydroxyl groups is 1. The molecule has 1 saturated heterocycles. The fraction of sp³-hybridized carbons (Fsp3) is 0.500. The van der Waals surface area contributed by atoms with E-state index in [-0.39, 0.29) is 18.6 Å². The summed E-state index contributed by atoms with van der Waals surface area (Å²) in [6.45, 7) is 3.46. The van der Waals surface area contributed by atoms with E-state index in [0.717, 1.165) is 36.3 Å². The average Bonchev–Trinajstić information content (AvgIpc) is 2.83. The number of nitrogens with zero attached hydrogens (tertiary/aromatic N) is 2. The number of carbonyl (C=O) groups is 1. The number of ether oxygens (including phenoxy) is 1. The minimum Gasteiger partial charge on any atom is -0.494 e. The summed E-state index contributed by atoms with van der Waals surface area (Å²) in [4.78, 5) is 18.5. The fourth-order valence-electron chi connectivity index (χ4n) is 2.83. The first-order valence-corrected chi connectivity index (χ1v) is 7.75. The minimum absolute atomic E-state index is 0.0227. The van der Waals surface area contributed by atoms with E-state index in [2.05, 4.69) is 10.3 Å². The first kappa shape index (κ1) is 14.8. The van der Waals surface area contributed by atoms with E-state index in [1.54, 1.807) is 0 Å². The summed E-state index contributed by atoms with van der Waals surface area (Å²) in [6.07, 6.45) is 2.34. The van der Waals surface area contributed by atoms with Crippen molar-refractivity contribution in [1.82, 2.24) is 10.2 Å². The van der Waals surface area contributed by atoms with Gasteiger partial charge < -0.3 is 14.7 Å². The molecule has 118 valence electrons. The molecule has 0 saturated carbocycles. The van der Waals surface area contributed by atoms with Crippen molar-refractivity contribution < 1.29 is 14.6 Å². The van der Waals surface area contributed by atoms with Crippen molar-refractivity contribution in [1.29, 1.82) is 0 Å². The van der Waals surface area contributed by atoms with Crippen molar-refractivity contribution in [2.24, 2.45) is 4.99 Å². The molecule has 1 aromatic carbocycles. The summed E-state index contributed by atoms with van der Waals surface area (Å²) in [5.41, 5.74) is 1.95. The van der Waals surface area contributed by atoms with Crippen LogP contribution >= 0.6 is 0 Å². The topological polar surface area (TPSA) is 74.2 Å². The van der Waals surface area contributed by atoms with Gasteiger partial charge in [0, 0.05) is 18.7 Å². The largest absolute Gasteiger partial charge is 0.494 e. The maximum atomic E-state index is 11.9. The third-order valence-corrected chi connectivity index (χ3v) is 4.01. The van der Waals surface area contributed by atoms with Crippen LogP contribution in [0.15, 0.2) is 23.2 Å². The van der Waals surface area contributed by atoms with Gasteiger partial charge in [-0.15, -0.1) is 0 Å². The molecule has 2 aliphatic heterocycles. The van der Waals surface area contributed by atoms with Crippen molar-refractivity contribution >= 4 is 17.6 Å². The molecule has 0 aliphatic carbocycles. The van der Waals surface area contributed by atoms with E-state index >= 15 is 0 Å². The predicted octanol–water partition coefficient (Wildman–Crippen LogP) is 1.55. The van der Waals surface area contributed by atoms with Gasteiger partial charge in [0.15, 0.2) is 0 Å². The van der Waals surface area contributed by atoms with Crippen molar-refractivity contribution in [3.63, 3.8) is 0 Å². The molecule has 1 unspecified atom stereocenters. The first-order chi connectivity index (χ1) is 10.7. The second-order valence-corrected chi connectivity index (χ2v) is 5.55. The Labute approximate surface area is 129 Å². The monoisotopic (exact) mass is 303 g/mol. The summed E-state index contributed by atoms with van der Waals surface area (Å²) in [6, 6.07) is 5.67. The summed E-state index contributed by atoms with van der Waals surface area (Å²) < 4.78 is 5.70. The molecule has 1 amide bonds. The molecule has 0 radical (unpaired) electrons. The van der Waals surface area contributed by atoms with Crippen LogP contribution in [0.25, 0.3) is 0 Å². The van der Waals surface area contributed by atoms with E-state index < -0.39 is 0 Å². The lowest BCUT2D eigenvalue weighted by Crippen LogP contribution is -2.36. The van der Waals surface area contributed by atoms with Crippen LogP contribution < -0.4 is 10.1 Å². The van der Waals surface area contributed by atoms with Crippen LogP contribution in [0.4, 0.5) is 5.69 Å². The maximum absolute atomic E-state index is 11.9. The molecule has 22 heavy (non-hydrogen) atoms. The van der Waals surface area contributed by atoms with Gasteiger partial charge in [0.2, 0.25) is 11.9 Å². The molecule has 0 aromatic heterocycles. The molecule has 1 fully saturated rings. The second-order valence-electron chi connectivity index (χ2n) is 5.55. The third kappa shape index (κ3) is 2.78. The average molecular weight is 303 g/mol. The molecular formula is C16H21N3O3. The normalized spacial score (nSPS) is 19.4. The number of unbranched alkanes of at least 4 members (excludes halogenated alkanes) is 1. The highest BCUT2D eigenvalue weighted by molar-refractivity contribution is 6.07. The number of amides is 1. The van der Waals surface area contributed by atoms with E-state index in [4.69, 9.17) is 9.84 Å². The Morgan fingerprint density at radius 3 is 3.09 bits per heavy atom. The maximum Gasteiger partial charge on any atom is 0.249 e. The second kappa shape index (κ2) is 6.36. The van der Waals surface area contributed by atoms with Gasteiger partial charge in [-0.25, -0.2) is 4.99 Å². The van der Waals surface area contributed by atoms with E-state index in [9.17, 15) is 4.79 Å². The van der Waals surface area contributed by atoms with Crippen LogP contribution in [0.2, 0.25) is 0 Å². The molecule has 6 heteroatoms. The van der Waals surface area contributed by atoms with Crippen LogP contribution in [0, 0.1) is 0 Å². The van der Waals surface area contributed by atoms with E-state index in [0.29, 0.717) is 19.1 Å². The van der Waals surface area contributed by atoms with Crippen molar-refractivity contribution in [3.8, 4) is 5.75 Å². The van der Waals surface area contributed by atoms with Crippen LogP contribution in [0.5, 0.6) is 5.75 Å². The summed E-state index contributed by atoms with van der Waals surface area (Å²) >= 11 is 0. The van der Waals surface area contributed by atoms with Gasteiger partial charge in [0.05, 0.1) is 12.3 Å². The zero-order valence-corrected chi connectivity index (χ0v) is 12.7. The fourth-order valence-corrected chi connectivity index (χ4v) is 2.83. The Bertz CT molecular complexity index is 600. The molecule has 1 aromatic rings. The number of aliphatic hydroxyl groups excluding tert-OH is 1. The number of nitrogens with one attached hydrogen (secondary N) is 1. The van der Waals surface area contributed by atoms with Gasteiger partial charge in [0.25, 0.3) is 0 Å². The van der Waals surface area contributed by atoms with E-state index in [1.807, 2.05) is 30.0 Å². The Kier molecular flexibility index (Phi) is 4.29. The molecule has 3 rings (SSSR count). The highest BCUT2D eigenvalue weighted by Crippen LogP contribution is 2.32. The standard InChI is InChI=1S/C16H21N3O3/c1-2-14-15(21)18-16-17-13-6-5-12(22-8-4-3-7-20)9-11(13)10-19(14)16/h5-6,9,14,20H,2-4,7-8,10H2,1H3,(H,17,18,21). The quantitative estimate of drug-likeness (QED) is 0.782. The SMILES string of the molecule is CCC1C(=O)NC2=Nc3ccc(OCCCCO)cc3CN21. The Morgan fingerprint density at radius 1 is 1.45 bits per heavy atom. The molecule has 2 N–H and O–H groups in total. The number of benzene rings is 1. The molecule has 1 atom stereocenters. The summed E-state index contributed by atoms with van der Waals surface area (Å²) in [5, 5.41) is 11.6. The van der Waals surface area contributed by atoms with Crippen LogP contribution in [0.1, 0.15) is 31.7 Å². The first-order valence-electron chi connectivity index (χ1n) is 7.75. The zero-order chi connectivity index (χ0) is 15.5. The van der Waals surface area contributed by atoms with Gasteiger partial charge in [-0.05, 0) is 37.5 Å². The van der Waals surface area contributed by atoms with Crippen molar-refractivity contribution in [3.05, 3.63) is 23.8 Å². The molecule has 6 nitrogen and oxygen atoms in total. The van der Waals surface area contributed by atoms with Crippen LogP contribution in [0.3, 0.4) is 0 Å². The lowest BCUT2D eigenvalue weighted by atomic mass is 10.1. The van der Waals surface area contributed by atoms with Crippen LogP contribution in [-0.2, 0) is 11.3 Å². The smallest absolute Gasteiger partial charge is 0.249 e. The Balaban J connectivity index is 1.73. The van der Waals surface area contributed by atoms with Gasteiger partial charge in [-0.2, -0.15) is 0 Å². The summed E-state index contributed by atoms with van der Waals surface area (Å²) in [7, 11) is 0.